The van der Waals surface area contributed by atoms with E-state index in [-0.39, 0.29) is 11.7 Å². The summed E-state index contributed by atoms with van der Waals surface area (Å²) in [7, 11) is 0. The summed E-state index contributed by atoms with van der Waals surface area (Å²) >= 11 is 0. The highest BCUT2D eigenvalue weighted by atomic mass is 16.2. The molecule has 0 spiro atoms. The molecule has 2 aromatic heterocycles. The Morgan fingerprint density at radius 2 is 1.65 bits per heavy atom. The number of hydrogen-bond donors (Lipinski definition) is 2. The third-order valence-corrected chi connectivity index (χ3v) is 6.25. The molecule has 1 amide bonds. The van der Waals surface area contributed by atoms with Crippen LogP contribution in [-0.2, 0) is 17.8 Å². The van der Waals surface area contributed by atoms with Crippen molar-refractivity contribution >= 4 is 17.5 Å². The number of aromatic nitrogens is 4. The van der Waals surface area contributed by atoms with Crippen LogP contribution in [0, 0.1) is 27.7 Å². The summed E-state index contributed by atoms with van der Waals surface area (Å²) in [5.74, 6) is 0.478. The molecule has 0 aliphatic rings. The van der Waals surface area contributed by atoms with Crippen LogP contribution in [0.4, 0.5) is 5.82 Å². The van der Waals surface area contributed by atoms with Crippen LogP contribution in [-0.4, -0.2) is 37.7 Å². The molecule has 0 radical (unpaired) electrons. The van der Waals surface area contributed by atoms with Crippen LogP contribution in [0.2, 0.25) is 0 Å². The van der Waals surface area contributed by atoms with Gasteiger partial charge in [0.25, 0.3) is 5.91 Å². The molecule has 2 heterocycles. The van der Waals surface area contributed by atoms with E-state index >= 15 is 0 Å². The zero-order chi connectivity index (χ0) is 26.5. The highest BCUT2D eigenvalue weighted by molar-refractivity contribution is 5.99. The Labute approximate surface area is 217 Å². The van der Waals surface area contributed by atoms with Gasteiger partial charge in [-0.05, 0) is 87.6 Å². The predicted molar refractivity (Wildman–Crippen MR) is 144 cm³/mol. The molecule has 8 heteroatoms. The first-order valence-corrected chi connectivity index (χ1v) is 12.3. The second-order valence-electron chi connectivity index (χ2n) is 9.51. The Hall–Kier alpha value is -4.33. The number of carbonyl (C=O) groups excluding carboxylic acids is 2. The maximum atomic E-state index is 13.0. The monoisotopic (exact) mass is 496 g/mol. The number of amides is 1. The summed E-state index contributed by atoms with van der Waals surface area (Å²) in [5.41, 5.74) is 7.25. The number of hydrogen-bond acceptors (Lipinski definition) is 6. The molecule has 0 saturated heterocycles. The van der Waals surface area contributed by atoms with Crippen molar-refractivity contribution in [1.29, 1.82) is 0 Å². The van der Waals surface area contributed by atoms with Crippen molar-refractivity contribution in [3.63, 3.8) is 0 Å². The summed E-state index contributed by atoms with van der Waals surface area (Å²) in [6, 6.07) is 15.0. The van der Waals surface area contributed by atoms with Crippen LogP contribution >= 0.6 is 0 Å². The number of pyridine rings is 1. The minimum absolute atomic E-state index is 0.0867. The molecule has 0 aliphatic carbocycles. The Kier molecular flexibility index (Phi) is 7.77. The lowest BCUT2D eigenvalue weighted by Crippen LogP contribution is -2.41. The van der Waals surface area contributed by atoms with Gasteiger partial charge in [0.2, 0.25) is 0 Å². The number of Topliss-reactive ketones (excluding diaryl/α,β-unsaturated/α-hetero) is 1. The summed E-state index contributed by atoms with van der Waals surface area (Å²) in [6.45, 7) is 9.87. The van der Waals surface area contributed by atoms with E-state index in [0.717, 1.165) is 45.0 Å². The number of nitrogens with one attached hydrogen (secondary N) is 2. The van der Waals surface area contributed by atoms with Crippen LogP contribution < -0.4 is 10.6 Å². The number of rotatable bonds is 9. The van der Waals surface area contributed by atoms with Gasteiger partial charge < -0.3 is 10.6 Å². The molecule has 0 unspecified atom stereocenters. The fourth-order valence-electron chi connectivity index (χ4n) is 4.41. The number of anilines is 1. The van der Waals surface area contributed by atoms with Crippen molar-refractivity contribution in [2.75, 3.05) is 5.32 Å². The molecule has 2 N–H and O–H groups in total. The van der Waals surface area contributed by atoms with Crippen molar-refractivity contribution < 1.29 is 9.59 Å². The molecule has 190 valence electrons. The van der Waals surface area contributed by atoms with Gasteiger partial charge in [0.05, 0.1) is 24.5 Å². The second kappa shape index (κ2) is 11.2. The van der Waals surface area contributed by atoms with Crippen molar-refractivity contribution in [3.8, 4) is 5.69 Å². The zero-order valence-electron chi connectivity index (χ0n) is 21.9. The second-order valence-corrected chi connectivity index (χ2v) is 9.51. The van der Waals surface area contributed by atoms with Crippen molar-refractivity contribution in [2.45, 2.75) is 53.6 Å². The van der Waals surface area contributed by atoms with Gasteiger partial charge in [0, 0.05) is 11.8 Å². The Balaban J connectivity index is 1.40. The maximum absolute atomic E-state index is 13.0. The normalized spacial score (nSPS) is 11.7. The molecule has 8 nitrogen and oxygen atoms in total. The lowest BCUT2D eigenvalue weighted by Gasteiger charge is -2.18. The molecule has 0 saturated carbocycles. The SMILES string of the molecule is CC(=O)[C@H](Cc1ccc(-n2cc(CNc3cc(C)ccn3)nn2)cc1)NC(=O)c1c(C)cc(C)cc1C. The lowest BCUT2D eigenvalue weighted by atomic mass is 9.97. The Morgan fingerprint density at radius 1 is 0.946 bits per heavy atom. The van der Waals surface area contributed by atoms with Crippen LogP contribution in [0.3, 0.4) is 0 Å². The number of aryl methyl sites for hydroxylation is 4. The smallest absolute Gasteiger partial charge is 0.252 e. The van der Waals surface area contributed by atoms with E-state index in [1.807, 2.05) is 82.4 Å². The average Bonchev–Trinajstić information content (AvgIpc) is 3.31. The summed E-state index contributed by atoms with van der Waals surface area (Å²) in [5, 5.41) is 14.6. The summed E-state index contributed by atoms with van der Waals surface area (Å²) in [4.78, 5) is 29.7. The molecule has 0 fully saturated rings. The third-order valence-electron chi connectivity index (χ3n) is 6.25. The largest absolute Gasteiger partial charge is 0.364 e. The highest BCUT2D eigenvalue weighted by Gasteiger charge is 2.21. The van der Waals surface area contributed by atoms with E-state index in [4.69, 9.17) is 0 Å². The van der Waals surface area contributed by atoms with Gasteiger partial charge in [-0.2, -0.15) is 0 Å². The summed E-state index contributed by atoms with van der Waals surface area (Å²) in [6.07, 6.45) is 4.03. The number of benzene rings is 2. The van der Waals surface area contributed by atoms with Gasteiger partial charge in [-0.1, -0.05) is 35.0 Å². The number of nitrogens with zero attached hydrogens (tertiary/aromatic N) is 4. The Morgan fingerprint density at radius 3 is 2.30 bits per heavy atom. The molecule has 0 bridgehead atoms. The topological polar surface area (TPSA) is 102 Å². The molecule has 2 aromatic carbocycles. The molecule has 0 aliphatic heterocycles. The number of carbonyl (C=O) groups is 2. The summed E-state index contributed by atoms with van der Waals surface area (Å²) < 4.78 is 1.71. The molecule has 4 aromatic rings. The van der Waals surface area contributed by atoms with Gasteiger partial charge in [-0.25, -0.2) is 9.67 Å². The predicted octanol–water partition coefficient (Wildman–Crippen LogP) is 4.44. The maximum Gasteiger partial charge on any atom is 0.252 e. The van der Waals surface area contributed by atoms with Crippen molar-refractivity contribution in [3.05, 3.63) is 100.0 Å². The minimum Gasteiger partial charge on any atom is -0.364 e. The first-order chi connectivity index (χ1) is 17.7. The van der Waals surface area contributed by atoms with Crippen LogP contribution in [0.25, 0.3) is 5.69 Å². The van der Waals surface area contributed by atoms with E-state index in [0.29, 0.717) is 18.5 Å². The quantitative estimate of drug-likeness (QED) is 0.355. The van der Waals surface area contributed by atoms with Crippen LogP contribution in [0.5, 0.6) is 0 Å². The lowest BCUT2D eigenvalue weighted by molar-refractivity contribution is -0.118. The van der Waals surface area contributed by atoms with Gasteiger partial charge in [0.15, 0.2) is 5.78 Å². The van der Waals surface area contributed by atoms with E-state index in [9.17, 15) is 9.59 Å². The van der Waals surface area contributed by atoms with Crippen molar-refractivity contribution in [1.82, 2.24) is 25.3 Å². The zero-order valence-corrected chi connectivity index (χ0v) is 21.9. The van der Waals surface area contributed by atoms with Crippen LogP contribution in [0.1, 0.15) is 50.8 Å². The first kappa shape index (κ1) is 25.8. The minimum atomic E-state index is -0.613. The van der Waals surface area contributed by atoms with Gasteiger partial charge in [0.1, 0.15) is 11.5 Å². The molecular weight excluding hydrogens is 464 g/mol. The molecule has 4 rings (SSSR count). The standard InChI is InChI=1S/C29H32N6O2/c1-18-10-11-30-27(14-18)31-16-24-17-35(34-33-24)25-8-6-23(7-9-25)15-26(22(5)36)32-29(37)28-20(3)12-19(2)13-21(28)4/h6-14,17,26H,15-16H2,1-5H3,(H,30,31)(H,32,37)/t26-/m0/s1. The fraction of sp³-hybridized carbons (Fsp3) is 0.276. The third kappa shape index (κ3) is 6.46. The molecule has 1 atom stereocenters. The van der Waals surface area contributed by atoms with Gasteiger partial charge in [-0.15, -0.1) is 5.10 Å². The number of ketones is 1. The Bertz CT molecular complexity index is 1400. The van der Waals surface area contributed by atoms with E-state index < -0.39 is 6.04 Å². The highest BCUT2D eigenvalue weighted by Crippen LogP contribution is 2.17. The molecular formula is C29H32N6O2. The fourth-order valence-corrected chi connectivity index (χ4v) is 4.41. The van der Waals surface area contributed by atoms with Gasteiger partial charge >= 0.3 is 0 Å². The van der Waals surface area contributed by atoms with Crippen LogP contribution in [0.15, 0.2) is 60.9 Å². The van der Waals surface area contributed by atoms with Gasteiger partial charge in [-0.3, -0.25) is 9.59 Å². The van der Waals surface area contributed by atoms with E-state index in [1.165, 1.54) is 6.92 Å². The average molecular weight is 497 g/mol. The van der Waals surface area contributed by atoms with E-state index in [2.05, 4.69) is 25.9 Å². The first-order valence-electron chi connectivity index (χ1n) is 12.3. The van der Waals surface area contributed by atoms with E-state index in [1.54, 1.807) is 10.9 Å². The van der Waals surface area contributed by atoms with Crippen molar-refractivity contribution in [2.24, 2.45) is 0 Å². The molecule has 37 heavy (non-hydrogen) atoms.